The highest BCUT2D eigenvalue weighted by molar-refractivity contribution is 5.73. The number of carbonyl (C=O) groups excluding carboxylic acids is 1. The van der Waals surface area contributed by atoms with Crippen LogP contribution in [-0.4, -0.2) is 144 Å². The first-order valence-corrected chi connectivity index (χ1v) is 16.4. The van der Waals surface area contributed by atoms with Gasteiger partial charge < -0.3 is 54.9 Å². The molecule has 2 rings (SSSR count). The lowest BCUT2D eigenvalue weighted by atomic mass is 9.78. The SMILES string of the molecule is CC[C@H]1OC(=O)[C@H](C)[C@@H](O)[C@H](C)[C@@H](O[C@@H]2OC(C)C[C@H](N(C)C)[C@H]2OCCCN)[C@](C)(O)C[C@@H](C)CN(C)[C@H](C)[C@@H](O)C1O. The highest BCUT2D eigenvalue weighted by Gasteiger charge is 2.49. The standard InChI is InChI=1S/C32H63N3O9/c1-11-24-27(38)26(37)22(6)35(10)17-18(2)16-32(7,40)29(20(4)25(36)21(5)30(39)43-24)44-31-28(41-14-12-13-33)23(34(8)9)15-19(3)42-31/h18-29,31,36-38,40H,11-17,33H2,1-10H3/t18-,19?,20+,21-,22-,23+,24-,25+,26-,27?,28-,29-,31+,32-/m1/s1. The Balaban J connectivity index is 2.53. The van der Waals surface area contributed by atoms with Crippen molar-refractivity contribution < 1.29 is 44.2 Å². The summed E-state index contributed by atoms with van der Waals surface area (Å²) in [5.74, 6) is -2.52. The van der Waals surface area contributed by atoms with Crippen molar-refractivity contribution in [2.45, 2.75) is 141 Å². The molecule has 0 aromatic rings. The lowest BCUT2D eigenvalue weighted by Crippen LogP contribution is -2.60. The minimum Gasteiger partial charge on any atom is -0.459 e. The van der Waals surface area contributed by atoms with E-state index in [2.05, 4.69) is 4.90 Å². The van der Waals surface area contributed by atoms with E-state index in [0.717, 1.165) is 6.42 Å². The summed E-state index contributed by atoms with van der Waals surface area (Å²) in [6.45, 7) is 13.9. The molecule has 0 radical (unpaired) electrons. The molecule has 14 atom stereocenters. The van der Waals surface area contributed by atoms with Crippen molar-refractivity contribution in [1.82, 2.24) is 9.80 Å². The van der Waals surface area contributed by atoms with Crippen LogP contribution in [0.4, 0.5) is 0 Å². The first-order chi connectivity index (χ1) is 20.5. The fraction of sp³-hybridized carbons (Fsp3) is 0.969. The Morgan fingerprint density at radius 1 is 1.09 bits per heavy atom. The van der Waals surface area contributed by atoms with E-state index in [-0.39, 0.29) is 24.5 Å². The number of rotatable bonds is 8. The summed E-state index contributed by atoms with van der Waals surface area (Å²) in [4.78, 5) is 17.3. The fourth-order valence-corrected chi connectivity index (χ4v) is 6.84. The maximum Gasteiger partial charge on any atom is 0.311 e. The molecule has 2 aliphatic rings. The number of carbonyl (C=O) groups is 1. The predicted octanol–water partition coefficient (Wildman–Crippen LogP) is 0.959. The van der Waals surface area contributed by atoms with E-state index in [1.165, 1.54) is 0 Å². The topological polar surface area (TPSA) is 167 Å². The normalized spacial score (nSPS) is 44.2. The number of esters is 1. The quantitative estimate of drug-likeness (QED) is 0.190. The highest BCUT2D eigenvalue weighted by atomic mass is 16.7. The van der Waals surface area contributed by atoms with Gasteiger partial charge in [-0.2, -0.15) is 0 Å². The second-order valence-electron chi connectivity index (χ2n) is 14.0. The lowest BCUT2D eigenvalue weighted by molar-refractivity contribution is -0.306. The Kier molecular flexibility index (Phi) is 15.4. The van der Waals surface area contributed by atoms with E-state index in [1.807, 2.05) is 39.9 Å². The molecule has 0 saturated carbocycles. The molecule has 44 heavy (non-hydrogen) atoms. The molecule has 0 amide bonds. The van der Waals surface area contributed by atoms with Gasteiger partial charge in [-0.05, 0) is 87.0 Å². The van der Waals surface area contributed by atoms with Crippen LogP contribution in [0.15, 0.2) is 0 Å². The molecule has 0 aliphatic carbocycles. The van der Waals surface area contributed by atoms with Crippen LogP contribution in [0, 0.1) is 17.8 Å². The van der Waals surface area contributed by atoms with Crippen LogP contribution in [0.5, 0.6) is 0 Å². The number of cyclic esters (lactones) is 1. The Labute approximate surface area is 265 Å². The fourth-order valence-electron chi connectivity index (χ4n) is 6.84. The van der Waals surface area contributed by atoms with Gasteiger partial charge in [-0.1, -0.05) is 20.8 Å². The maximum absolute atomic E-state index is 13.3. The number of hydrogen-bond donors (Lipinski definition) is 5. The van der Waals surface area contributed by atoms with Crippen LogP contribution in [0.25, 0.3) is 0 Å². The van der Waals surface area contributed by atoms with Gasteiger partial charge in [-0.3, -0.25) is 4.79 Å². The molecular formula is C32H63N3O9. The summed E-state index contributed by atoms with van der Waals surface area (Å²) < 4.78 is 25.0. The molecule has 2 saturated heterocycles. The molecule has 12 nitrogen and oxygen atoms in total. The van der Waals surface area contributed by atoms with Gasteiger partial charge in [0, 0.05) is 31.2 Å². The molecule has 0 bridgehead atoms. The van der Waals surface area contributed by atoms with Crippen molar-refractivity contribution >= 4 is 5.97 Å². The van der Waals surface area contributed by atoms with Gasteiger partial charge in [0.1, 0.15) is 18.3 Å². The zero-order valence-electron chi connectivity index (χ0n) is 28.8. The van der Waals surface area contributed by atoms with Crippen LogP contribution >= 0.6 is 0 Å². The Bertz CT molecular complexity index is 865. The van der Waals surface area contributed by atoms with Gasteiger partial charge in [0.05, 0.1) is 35.9 Å². The average molecular weight is 634 g/mol. The Hall–Kier alpha value is -0.930. The highest BCUT2D eigenvalue weighted by Crippen LogP contribution is 2.36. The van der Waals surface area contributed by atoms with E-state index in [9.17, 15) is 25.2 Å². The van der Waals surface area contributed by atoms with Crippen LogP contribution in [0.3, 0.4) is 0 Å². The van der Waals surface area contributed by atoms with Crippen molar-refractivity contribution in [1.29, 1.82) is 0 Å². The van der Waals surface area contributed by atoms with E-state index in [1.54, 1.807) is 34.6 Å². The van der Waals surface area contributed by atoms with Gasteiger partial charge in [-0.15, -0.1) is 0 Å². The van der Waals surface area contributed by atoms with E-state index >= 15 is 0 Å². The number of nitrogens with two attached hydrogens (primary N) is 1. The summed E-state index contributed by atoms with van der Waals surface area (Å²) in [6, 6.07) is -0.489. The minimum absolute atomic E-state index is 0.0271. The molecule has 2 heterocycles. The largest absolute Gasteiger partial charge is 0.459 e. The first kappa shape index (κ1) is 39.2. The molecule has 2 fully saturated rings. The van der Waals surface area contributed by atoms with Crippen molar-refractivity contribution in [2.24, 2.45) is 23.5 Å². The molecule has 2 aliphatic heterocycles. The maximum atomic E-state index is 13.3. The number of ether oxygens (including phenoxy) is 4. The zero-order valence-corrected chi connectivity index (χ0v) is 28.8. The number of aliphatic hydroxyl groups excluding tert-OH is 3. The van der Waals surface area contributed by atoms with Crippen LogP contribution < -0.4 is 5.73 Å². The summed E-state index contributed by atoms with van der Waals surface area (Å²) >= 11 is 0. The van der Waals surface area contributed by atoms with Crippen LogP contribution in [0.2, 0.25) is 0 Å². The summed E-state index contributed by atoms with van der Waals surface area (Å²) in [5.41, 5.74) is 4.27. The molecule has 2 unspecified atom stereocenters. The number of aliphatic hydroxyl groups is 4. The number of hydrogen-bond acceptors (Lipinski definition) is 12. The minimum atomic E-state index is -1.46. The van der Waals surface area contributed by atoms with Crippen molar-refractivity contribution in [3.63, 3.8) is 0 Å². The second-order valence-corrected chi connectivity index (χ2v) is 14.0. The predicted molar refractivity (Wildman–Crippen MR) is 168 cm³/mol. The third-order valence-corrected chi connectivity index (χ3v) is 9.65. The monoisotopic (exact) mass is 633 g/mol. The summed E-state index contributed by atoms with van der Waals surface area (Å²) in [5, 5.41) is 45.6. The van der Waals surface area contributed by atoms with E-state index < -0.39 is 72.4 Å². The molecule has 6 N–H and O–H groups in total. The van der Waals surface area contributed by atoms with Gasteiger partial charge in [0.2, 0.25) is 0 Å². The molecule has 260 valence electrons. The van der Waals surface area contributed by atoms with Crippen molar-refractivity contribution in [2.75, 3.05) is 40.8 Å². The van der Waals surface area contributed by atoms with E-state index in [0.29, 0.717) is 32.5 Å². The van der Waals surface area contributed by atoms with Crippen LogP contribution in [0.1, 0.15) is 74.1 Å². The summed E-state index contributed by atoms with van der Waals surface area (Å²) in [6.07, 6.45) is -5.19. The zero-order chi connectivity index (χ0) is 33.5. The third-order valence-electron chi connectivity index (χ3n) is 9.65. The lowest BCUT2D eigenvalue weighted by Gasteiger charge is -2.48. The Morgan fingerprint density at radius 3 is 2.30 bits per heavy atom. The number of likely N-dealkylation sites (N-methyl/N-ethyl adjacent to an activating group) is 2. The van der Waals surface area contributed by atoms with Gasteiger partial charge in [0.25, 0.3) is 0 Å². The molecular weight excluding hydrogens is 570 g/mol. The van der Waals surface area contributed by atoms with Crippen molar-refractivity contribution in [3.8, 4) is 0 Å². The van der Waals surface area contributed by atoms with Gasteiger partial charge >= 0.3 is 5.97 Å². The molecule has 0 spiro atoms. The van der Waals surface area contributed by atoms with Gasteiger partial charge in [-0.25, -0.2) is 0 Å². The van der Waals surface area contributed by atoms with Crippen molar-refractivity contribution in [3.05, 3.63) is 0 Å². The van der Waals surface area contributed by atoms with Gasteiger partial charge in [0.15, 0.2) is 6.29 Å². The first-order valence-electron chi connectivity index (χ1n) is 16.4. The molecule has 0 aromatic heterocycles. The number of nitrogens with zero attached hydrogens (tertiary/aromatic N) is 2. The third kappa shape index (κ3) is 10.0. The molecule has 0 aromatic carbocycles. The Morgan fingerprint density at radius 2 is 1.73 bits per heavy atom. The van der Waals surface area contributed by atoms with E-state index in [4.69, 9.17) is 24.7 Å². The second kappa shape index (κ2) is 17.3. The average Bonchev–Trinajstić information content (AvgIpc) is 2.95. The van der Waals surface area contributed by atoms with Crippen LogP contribution in [-0.2, 0) is 23.7 Å². The summed E-state index contributed by atoms with van der Waals surface area (Å²) in [7, 11) is 5.81. The smallest absolute Gasteiger partial charge is 0.311 e. The molecule has 12 heteroatoms.